The van der Waals surface area contributed by atoms with Gasteiger partial charge in [-0.1, -0.05) is 6.92 Å². The van der Waals surface area contributed by atoms with Crippen LogP contribution in [-0.4, -0.2) is 33.3 Å². The first-order valence-corrected chi connectivity index (χ1v) is 7.92. The zero-order valence-electron chi connectivity index (χ0n) is 14.3. The lowest BCUT2D eigenvalue weighted by Gasteiger charge is -2.12. The number of hydrogen-bond donors (Lipinski definition) is 1. The summed E-state index contributed by atoms with van der Waals surface area (Å²) in [6.07, 6.45) is 2.45. The minimum absolute atomic E-state index is 0.0143. The fourth-order valence-electron chi connectivity index (χ4n) is 1.78. The fourth-order valence-corrected chi connectivity index (χ4v) is 1.78. The van der Waals surface area contributed by atoms with E-state index in [0.29, 0.717) is 23.1 Å². The van der Waals surface area contributed by atoms with Crippen LogP contribution >= 0.6 is 0 Å². The molecule has 0 spiro atoms. The largest absolute Gasteiger partial charge is 0.475 e. The van der Waals surface area contributed by atoms with E-state index < -0.39 is 0 Å². The lowest BCUT2D eigenvalue weighted by molar-refractivity contribution is 0.102. The molecule has 1 N–H and O–H groups in total. The highest BCUT2D eigenvalue weighted by Gasteiger charge is 2.11. The van der Waals surface area contributed by atoms with Crippen molar-refractivity contribution < 1.29 is 14.3 Å². The number of amides is 1. The third-order valence-corrected chi connectivity index (χ3v) is 3.13. The highest BCUT2D eigenvalue weighted by molar-refractivity contribution is 6.03. The Labute approximate surface area is 141 Å². The molecular weight excluding hydrogens is 308 g/mol. The first-order chi connectivity index (χ1) is 11.5. The average Bonchev–Trinajstić information content (AvgIpc) is 2.56. The van der Waals surface area contributed by atoms with Crippen molar-refractivity contribution in [3.8, 4) is 11.8 Å². The summed E-state index contributed by atoms with van der Waals surface area (Å²) < 4.78 is 11.0. The molecule has 1 atom stereocenters. The zero-order valence-corrected chi connectivity index (χ0v) is 14.3. The summed E-state index contributed by atoms with van der Waals surface area (Å²) in [4.78, 5) is 16.4. The topological polar surface area (TPSA) is 86.2 Å². The monoisotopic (exact) mass is 330 g/mol. The molecule has 0 bridgehead atoms. The molecule has 0 saturated carbocycles. The van der Waals surface area contributed by atoms with Gasteiger partial charge in [-0.2, -0.15) is 0 Å². The van der Waals surface area contributed by atoms with Gasteiger partial charge in [0.2, 0.25) is 11.8 Å². The van der Waals surface area contributed by atoms with E-state index in [1.807, 2.05) is 27.7 Å². The van der Waals surface area contributed by atoms with Crippen molar-refractivity contribution in [1.29, 1.82) is 0 Å². The maximum atomic E-state index is 12.3. The Bertz CT molecular complexity index is 674. The van der Waals surface area contributed by atoms with Crippen LogP contribution in [-0.2, 0) is 0 Å². The molecule has 0 radical (unpaired) electrons. The Morgan fingerprint density at radius 1 is 1.12 bits per heavy atom. The molecule has 7 nitrogen and oxygen atoms in total. The van der Waals surface area contributed by atoms with Crippen LogP contribution in [0.4, 0.5) is 5.82 Å². The summed E-state index contributed by atoms with van der Waals surface area (Å²) in [7, 11) is 0. The van der Waals surface area contributed by atoms with E-state index in [0.717, 1.165) is 6.42 Å². The summed E-state index contributed by atoms with van der Waals surface area (Å²) in [6, 6.07) is 6.51. The summed E-state index contributed by atoms with van der Waals surface area (Å²) in [6.45, 7) is 7.77. The Balaban J connectivity index is 2.02. The van der Waals surface area contributed by atoms with Crippen molar-refractivity contribution in [2.24, 2.45) is 0 Å². The Morgan fingerprint density at radius 3 is 2.54 bits per heavy atom. The Hall–Kier alpha value is -2.70. The number of carbonyl (C=O) groups is 1. The lowest BCUT2D eigenvalue weighted by Crippen LogP contribution is -2.15. The van der Waals surface area contributed by atoms with E-state index in [1.54, 1.807) is 24.3 Å². The molecule has 0 aliphatic carbocycles. The second kappa shape index (κ2) is 8.24. The van der Waals surface area contributed by atoms with E-state index in [-0.39, 0.29) is 18.1 Å². The molecule has 7 heteroatoms. The van der Waals surface area contributed by atoms with Gasteiger partial charge in [0.15, 0.2) is 5.82 Å². The van der Waals surface area contributed by atoms with Gasteiger partial charge in [0.1, 0.15) is 0 Å². The molecule has 2 heterocycles. The number of nitrogens with zero attached hydrogens (tertiary/aromatic N) is 3. The molecule has 24 heavy (non-hydrogen) atoms. The Morgan fingerprint density at radius 2 is 1.92 bits per heavy atom. The fraction of sp³-hybridized carbons (Fsp3) is 0.412. The standard InChI is InChI=1S/C17H22N4O3/c1-5-12(4)24-16-10-13(8-9-18-16)17(22)19-14-6-7-15(21-20-14)23-11(2)3/h6-12H,5H2,1-4H3,(H,19,20,22). The van der Waals surface area contributed by atoms with Gasteiger partial charge in [0.25, 0.3) is 5.91 Å². The van der Waals surface area contributed by atoms with Gasteiger partial charge in [-0.25, -0.2) is 4.98 Å². The van der Waals surface area contributed by atoms with E-state index in [2.05, 4.69) is 20.5 Å². The normalized spacial score (nSPS) is 11.9. The van der Waals surface area contributed by atoms with Crippen LogP contribution < -0.4 is 14.8 Å². The molecule has 0 aromatic carbocycles. The minimum atomic E-state index is -0.307. The van der Waals surface area contributed by atoms with E-state index in [9.17, 15) is 4.79 Å². The van der Waals surface area contributed by atoms with Gasteiger partial charge >= 0.3 is 0 Å². The summed E-state index contributed by atoms with van der Waals surface area (Å²) >= 11 is 0. The van der Waals surface area contributed by atoms with Crippen LogP contribution in [0.1, 0.15) is 44.5 Å². The number of aromatic nitrogens is 3. The van der Waals surface area contributed by atoms with Crippen LogP contribution in [0.5, 0.6) is 11.8 Å². The first kappa shape index (κ1) is 17.7. The van der Waals surface area contributed by atoms with E-state index in [1.165, 1.54) is 6.20 Å². The van der Waals surface area contributed by atoms with Crippen LogP contribution in [0.3, 0.4) is 0 Å². The number of rotatable bonds is 7. The molecule has 0 aliphatic heterocycles. The second-order valence-corrected chi connectivity index (χ2v) is 5.60. The summed E-state index contributed by atoms with van der Waals surface area (Å²) in [5.74, 6) is 0.871. The summed E-state index contributed by atoms with van der Waals surface area (Å²) in [5.41, 5.74) is 0.438. The van der Waals surface area contributed by atoms with Crippen molar-refractivity contribution in [3.63, 3.8) is 0 Å². The molecule has 2 aromatic rings. The van der Waals surface area contributed by atoms with Gasteiger partial charge in [-0.15, -0.1) is 10.2 Å². The molecule has 0 saturated heterocycles. The molecule has 0 aliphatic rings. The van der Waals surface area contributed by atoms with Gasteiger partial charge in [-0.3, -0.25) is 4.79 Å². The van der Waals surface area contributed by atoms with Gasteiger partial charge in [-0.05, 0) is 39.3 Å². The van der Waals surface area contributed by atoms with Gasteiger partial charge in [0, 0.05) is 23.9 Å². The van der Waals surface area contributed by atoms with Crippen LogP contribution in [0.15, 0.2) is 30.5 Å². The lowest BCUT2D eigenvalue weighted by atomic mass is 10.2. The average molecular weight is 330 g/mol. The van der Waals surface area contributed by atoms with E-state index >= 15 is 0 Å². The molecule has 128 valence electrons. The van der Waals surface area contributed by atoms with Crippen LogP contribution in [0.2, 0.25) is 0 Å². The summed E-state index contributed by atoms with van der Waals surface area (Å²) in [5, 5.41) is 10.5. The van der Waals surface area contributed by atoms with Crippen LogP contribution in [0, 0.1) is 0 Å². The number of anilines is 1. The third kappa shape index (κ3) is 5.19. The molecule has 1 unspecified atom stereocenters. The van der Waals surface area contributed by atoms with Crippen molar-refractivity contribution in [2.45, 2.75) is 46.3 Å². The molecular formula is C17H22N4O3. The minimum Gasteiger partial charge on any atom is -0.475 e. The highest BCUT2D eigenvalue weighted by atomic mass is 16.5. The first-order valence-electron chi connectivity index (χ1n) is 7.92. The SMILES string of the molecule is CCC(C)Oc1cc(C(=O)Nc2ccc(OC(C)C)nn2)ccn1. The van der Waals surface area contributed by atoms with Crippen molar-refractivity contribution >= 4 is 11.7 Å². The maximum absolute atomic E-state index is 12.3. The predicted molar refractivity (Wildman–Crippen MR) is 90.4 cm³/mol. The number of hydrogen-bond acceptors (Lipinski definition) is 6. The quantitative estimate of drug-likeness (QED) is 0.839. The number of pyridine rings is 1. The second-order valence-electron chi connectivity index (χ2n) is 5.60. The van der Waals surface area contributed by atoms with Crippen LogP contribution in [0.25, 0.3) is 0 Å². The number of ether oxygens (including phenoxy) is 2. The maximum Gasteiger partial charge on any atom is 0.257 e. The van der Waals surface area contributed by atoms with Gasteiger partial charge in [0.05, 0.1) is 12.2 Å². The Kier molecular flexibility index (Phi) is 6.06. The van der Waals surface area contributed by atoms with Crippen molar-refractivity contribution in [2.75, 3.05) is 5.32 Å². The van der Waals surface area contributed by atoms with Crippen molar-refractivity contribution in [3.05, 3.63) is 36.0 Å². The molecule has 1 amide bonds. The predicted octanol–water partition coefficient (Wildman–Crippen LogP) is 3.09. The third-order valence-electron chi connectivity index (χ3n) is 3.13. The number of carbonyl (C=O) groups excluding carboxylic acids is 1. The molecule has 2 rings (SSSR count). The highest BCUT2D eigenvalue weighted by Crippen LogP contribution is 2.15. The smallest absolute Gasteiger partial charge is 0.257 e. The zero-order chi connectivity index (χ0) is 17.5. The van der Waals surface area contributed by atoms with Crippen molar-refractivity contribution in [1.82, 2.24) is 15.2 Å². The molecule has 2 aromatic heterocycles. The number of nitrogens with one attached hydrogen (secondary N) is 1. The molecule has 0 fully saturated rings. The van der Waals surface area contributed by atoms with Gasteiger partial charge < -0.3 is 14.8 Å². The van der Waals surface area contributed by atoms with E-state index in [4.69, 9.17) is 9.47 Å².